The Kier molecular flexibility index (Phi) is 4.75. The average Bonchev–Trinajstić information content (AvgIpc) is 2.38. The van der Waals surface area contributed by atoms with Gasteiger partial charge in [0, 0.05) is 16.4 Å². The van der Waals surface area contributed by atoms with Crippen molar-refractivity contribution >= 4 is 62.3 Å². The zero-order valence-corrected chi connectivity index (χ0v) is 13.5. The van der Waals surface area contributed by atoms with E-state index in [1.165, 1.54) is 24.4 Å². The molecule has 1 heterocycles. The van der Waals surface area contributed by atoms with E-state index in [0.717, 1.165) is 0 Å². The summed E-state index contributed by atoms with van der Waals surface area (Å²) < 4.78 is 0.619. The minimum absolute atomic E-state index is 0.0336. The lowest BCUT2D eigenvalue weighted by Crippen LogP contribution is -2.13. The average molecular weight is 396 g/mol. The number of hydrogen-bond donors (Lipinski definition) is 2. The number of rotatable bonds is 2. The summed E-state index contributed by atoms with van der Waals surface area (Å²) in [5.74, 6) is -0.713. The molecule has 0 aliphatic heterocycles. The second-order valence-electron chi connectivity index (χ2n) is 3.73. The van der Waals surface area contributed by atoms with E-state index in [4.69, 9.17) is 34.8 Å². The first-order valence-electron chi connectivity index (χ1n) is 5.19. The molecule has 4 nitrogen and oxygen atoms in total. The van der Waals surface area contributed by atoms with Crippen LogP contribution in [0.3, 0.4) is 0 Å². The van der Waals surface area contributed by atoms with Gasteiger partial charge in [-0.1, -0.05) is 34.8 Å². The number of phenolic OH excluding ortho intramolecular Hbond substituents is 1. The molecular formula is C12H6BrCl3N2O2. The summed E-state index contributed by atoms with van der Waals surface area (Å²) >= 11 is 20.6. The molecule has 1 amide bonds. The number of aromatic nitrogens is 1. The SMILES string of the molecule is O=C(Nc1cc(Cl)c(O)c(Cl)c1)c1cc(Br)cnc1Cl. The number of carbonyl (C=O) groups excluding carboxylic acids is 1. The molecule has 0 saturated heterocycles. The van der Waals surface area contributed by atoms with Crippen LogP contribution < -0.4 is 5.32 Å². The summed E-state index contributed by atoms with van der Waals surface area (Å²) in [4.78, 5) is 15.9. The largest absolute Gasteiger partial charge is 0.505 e. The summed E-state index contributed by atoms with van der Waals surface area (Å²) in [6.45, 7) is 0. The van der Waals surface area contributed by atoms with E-state index >= 15 is 0 Å². The standard InChI is InChI=1S/C12H6BrCl3N2O2/c13-5-1-7(11(16)17-4-5)12(20)18-6-2-8(14)10(19)9(15)3-6/h1-4,19H,(H,18,20). The maximum absolute atomic E-state index is 12.1. The van der Waals surface area contributed by atoms with Crippen LogP contribution in [0.5, 0.6) is 5.75 Å². The number of carbonyl (C=O) groups is 1. The molecule has 0 unspecified atom stereocenters. The Bertz CT molecular complexity index is 671. The van der Waals surface area contributed by atoms with Crippen molar-refractivity contribution in [2.45, 2.75) is 0 Å². The number of benzene rings is 1. The number of aromatic hydroxyl groups is 1. The Labute approximate surface area is 137 Å². The van der Waals surface area contributed by atoms with Crippen LogP contribution in [0, 0.1) is 0 Å². The van der Waals surface area contributed by atoms with Gasteiger partial charge < -0.3 is 10.4 Å². The second-order valence-corrected chi connectivity index (χ2v) is 5.82. The predicted molar refractivity (Wildman–Crippen MR) is 83.0 cm³/mol. The van der Waals surface area contributed by atoms with Gasteiger partial charge in [0.25, 0.3) is 5.91 Å². The lowest BCUT2D eigenvalue weighted by Gasteiger charge is -2.09. The number of phenols is 1. The molecule has 0 fully saturated rings. The lowest BCUT2D eigenvalue weighted by molar-refractivity contribution is 0.102. The predicted octanol–water partition coefficient (Wildman–Crippen LogP) is 4.76. The monoisotopic (exact) mass is 394 g/mol. The van der Waals surface area contributed by atoms with Gasteiger partial charge in [0.2, 0.25) is 0 Å². The third-order valence-corrected chi connectivity index (χ3v) is 3.64. The van der Waals surface area contributed by atoms with Crippen LogP contribution in [0.4, 0.5) is 5.69 Å². The van der Waals surface area contributed by atoms with Gasteiger partial charge in [0.15, 0.2) is 5.75 Å². The molecule has 0 aliphatic carbocycles. The topological polar surface area (TPSA) is 62.2 Å². The third-order valence-electron chi connectivity index (χ3n) is 2.33. The van der Waals surface area contributed by atoms with Crippen molar-refractivity contribution in [1.82, 2.24) is 4.98 Å². The van der Waals surface area contributed by atoms with Gasteiger partial charge in [-0.05, 0) is 34.1 Å². The third kappa shape index (κ3) is 3.35. The van der Waals surface area contributed by atoms with Gasteiger partial charge in [-0.15, -0.1) is 0 Å². The zero-order valence-electron chi connectivity index (χ0n) is 9.62. The number of nitrogens with one attached hydrogen (secondary N) is 1. The Hall–Kier alpha value is -1.01. The second kappa shape index (κ2) is 6.18. The van der Waals surface area contributed by atoms with E-state index in [0.29, 0.717) is 10.2 Å². The lowest BCUT2D eigenvalue weighted by atomic mass is 10.2. The van der Waals surface area contributed by atoms with Crippen molar-refractivity contribution in [2.75, 3.05) is 5.32 Å². The van der Waals surface area contributed by atoms with Crippen molar-refractivity contribution in [3.8, 4) is 5.75 Å². The first-order valence-corrected chi connectivity index (χ1v) is 7.11. The van der Waals surface area contributed by atoms with E-state index in [-0.39, 0.29) is 26.5 Å². The van der Waals surface area contributed by atoms with Gasteiger partial charge >= 0.3 is 0 Å². The van der Waals surface area contributed by atoms with Crippen LogP contribution in [0.25, 0.3) is 0 Å². The maximum atomic E-state index is 12.1. The Morgan fingerprint density at radius 3 is 2.40 bits per heavy atom. The van der Waals surface area contributed by atoms with Crippen molar-refractivity contribution in [2.24, 2.45) is 0 Å². The Morgan fingerprint density at radius 2 is 1.80 bits per heavy atom. The minimum Gasteiger partial charge on any atom is -0.505 e. The fourth-order valence-electron chi connectivity index (χ4n) is 1.42. The molecule has 0 saturated carbocycles. The highest BCUT2D eigenvalue weighted by Crippen LogP contribution is 2.34. The number of amides is 1. The summed E-state index contributed by atoms with van der Waals surface area (Å²) in [6, 6.07) is 4.29. The number of pyridine rings is 1. The van der Waals surface area contributed by atoms with Crippen LogP contribution in [0.15, 0.2) is 28.9 Å². The van der Waals surface area contributed by atoms with Crippen LogP contribution in [-0.4, -0.2) is 16.0 Å². The number of nitrogens with zero attached hydrogens (tertiary/aromatic N) is 1. The fraction of sp³-hybridized carbons (Fsp3) is 0. The van der Waals surface area contributed by atoms with Crippen LogP contribution in [-0.2, 0) is 0 Å². The number of anilines is 1. The first-order chi connectivity index (χ1) is 9.38. The number of hydrogen-bond acceptors (Lipinski definition) is 3. The number of halogens is 4. The summed E-state index contributed by atoms with van der Waals surface area (Å²) in [7, 11) is 0. The molecule has 1 aromatic carbocycles. The van der Waals surface area contributed by atoms with Crippen molar-refractivity contribution in [3.05, 3.63) is 49.6 Å². The molecule has 0 aliphatic rings. The van der Waals surface area contributed by atoms with Crippen molar-refractivity contribution in [3.63, 3.8) is 0 Å². The molecule has 0 spiro atoms. The Balaban J connectivity index is 2.30. The molecule has 0 atom stereocenters. The van der Waals surface area contributed by atoms with Gasteiger partial charge in [0.05, 0.1) is 15.6 Å². The molecule has 104 valence electrons. The Morgan fingerprint density at radius 1 is 1.20 bits per heavy atom. The smallest absolute Gasteiger partial charge is 0.258 e. The molecule has 2 aromatic rings. The molecule has 2 N–H and O–H groups in total. The van der Waals surface area contributed by atoms with Crippen LogP contribution in [0.2, 0.25) is 15.2 Å². The minimum atomic E-state index is -0.471. The summed E-state index contributed by atoms with van der Waals surface area (Å²) in [5, 5.41) is 12.2. The fourth-order valence-corrected chi connectivity index (χ4v) is 2.43. The summed E-state index contributed by atoms with van der Waals surface area (Å²) in [5.41, 5.74) is 0.528. The summed E-state index contributed by atoms with van der Waals surface area (Å²) in [6.07, 6.45) is 1.48. The van der Waals surface area contributed by atoms with Crippen LogP contribution in [0.1, 0.15) is 10.4 Å². The highest BCUT2D eigenvalue weighted by Gasteiger charge is 2.14. The van der Waals surface area contributed by atoms with Gasteiger partial charge in [0.1, 0.15) is 5.15 Å². The molecular weight excluding hydrogens is 390 g/mol. The molecule has 2 rings (SSSR count). The zero-order chi connectivity index (χ0) is 14.9. The highest BCUT2D eigenvalue weighted by atomic mass is 79.9. The quantitative estimate of drug-likeness (QED) is 0.568. The van der Waals surface area contributed by atoms with E-state index in [2.05, 4.69) is 26.2 Å². The van der Waals surface area contributed by atoms with E-state index in [1.807, 2.05) is 0 Å². The molecule has 20 heavy (non-hydrogen) atoms. The van der Waals surface area contributed by atoms with Gasteiger partial charge in [-0.2, -0.15) is 0 Å². The molecule has 1 aromatic heterocycles. The van der Waals surface area contributed by atoms with Crippen molar-refractivity contribution in [1.29, 1.82) is 0 Å². The van der Waals surface area contributed by atoms with Crippen molar-refractivity contribution < 1.29 is 9.90 Å². The molecule has 0 bridgehead atoms. The molecule has 8 heteroatoms. The van der Waals surface area contributed by atoms with E-state index < -0.39 is 5.91 Å². The highest BCUT2D eigenvalue weighted by molar-refractivity contribution is 9.10. The first kappa shape index (κ1) is 15.4. The normalized spacial score (nSPS) is 10.4. The van der Waals surface area contributed by atoms with Crippen LogP contribution >= 0.6 is 50.7 Å². The maximum Gasteiger partial charge on any atom is 0.258 e. The van der Waals surface area contributed by atoms with Gasteiger partial charge in [-0.25, -0.2) is 4.98 Å². The van der Waals surface area contributed by atoms with E-state index in [1.54, 1.807) is 0 Å². The van der Waals surface area contributed by atoms with Gasteiger partial charge in [-0.3, -0.25) is 4.79 Å². The van der Waals surface area contributed by atoms with E-state index in [9.17, 15) is 9.90 Å². The molecule has 0 radical (unpaired) electrons.